The van der Waals surface area contributed by atoms with Crippen molar-refractivity contribution in [3.8, 4) is 0 Å². The standard InChI is InChI=1S/C28H35N4PS/c1-28(2)19-25-27(26(20-28)30-16-9-4-10-17-30)33(34,32(29-25)24-13-5-3-6-14-24)31-18-15-22-11-7-8-12-23(22)21-31/h3,5-8,11-14,19,29H,4,9-10,15-18,20-21H2,1-2H3/p+1/t33-/m0/s1. The van der Waals surface area contributed by atoms with E-state index in [2.05, 4.69) is 89.4 Å². The number of hydrazine groups is 1. The van der Waals surface area contributed by atoms with Crippen molar-refractivity contribution < 1.29 is 4.90 Å². The lowest BCUT2D eigenvalue weighted by molar-refractivity contribution is -0.868. The molecule has 34 heavy (non-hydrogen) atoms. The summed E-state index contributed by atoms with van der Waals surface area (Å²) in [4.78, 5) is 1.68. The quantitative estimate of drug-likeness (QED) is 0.592. The fourth-order valence-electron chi connectivity index (χ4n) is 6.26. The lowest BCUT2D eigenvalue weighted by atomic mass is 9.82. The van der Waals surface area contributed by atoms with Crippen LogP contribution in [-0.2, 0) is 24.8 Å². The Morgan fingerprint density at radius 2 is 1.65 bits per heavy atom. The van der Waals surface area contributed by atoms with E-state index in [1.807, 2.05) is 0 Å². The zero-order valence-corrected chi connectivity index (χ0v) is 22.1. The summed E-state index contributed by atoms with van der Waals surface area (Å²) in [6.45, 7) is 9.20. The summed E-state index contributed by atoms with van der Waals surface area (Å²) >= 11 is 6.93. The molecule has 6 heteroatoms. The molecule has 178 valence electrons. The maximum absolute atomic E-state index is 6.93. The number of allylic oxidation sites excluding steroid dienone is 3. The van der Waals surface area contributed by atoms with Crippen molar-refractivity contribution in [3.05, 3.63) is 88.5 Å². The first-order valence-corrected chi connectivity index (χ1v) is 15.5. The molecule has 4 aliphatic rings. The van der Waals surface area contributed by atoms with Crippen LogP contribution in [0.4, 0.5) is 5.69 Å². The van der Waals surface area contributed by atoms with Gasteiger partial charge in [0, 0.05) is 19.5 Å². The average molecular weight is 492 g/mol. The van der Waals surface area contributed by atoms with Crippen molar-refractivity contribution in [1.82, 2.24) is 10.1 Å². The fourth-order valence-corrected chi connectivity index (χ4v) is 10.9. The molecule has 2 fully saturated rings. The van der Waals surface area contributed by atoms with Gasteiger partial charge in [0.25, 0.3) is 0 Å². The Morgan fingerprint density at radius 1 is 0.941 bits per heavy atom. The first-order valence-electron chi connectivity index (χ1n) is 12.8. The Bertz CT molecular complexity index is 1200. The van der Waals surface area contributed by atoms with Gasteiger partial charge in [-0.25, -0.2) is 9.45 Å². The molecule has 1 atom stereocenters. The van der Waals surface area contributed by atoms with E-state index >= 15 is 0 Å². The second-order valence-corrected chi connectivity index (χ2v) is 15.0. The molecule has 0 amide bonds. The maximum Gasteiger partial charge on any atom is 0.156 e. The van der Waals surface area contributed by atoms with Crippen LogP contribution in [0.2, 0.25) is 0 Å². The largest absolute Gasteiger partial charge is 0.305 e. The third-order valence-corrected chi connectivity index (χ3v) is 12.7. The van der Waals surface area contributed by atoms with Gasteiger partial charge in [-0.05, 0) is 54.4 Å². The molecule has 0 spiro atoms. The van der Waals surface area contributed by atoms with Crippen LogP contribution < -0.4 is 15.1 Å². The number of likely N-dealkylation sites (tertiary alicyclic amines) is 1. The van der Waals surface area contributed by atoms with Gasteiger partial charge >= 0.3 is 0 Å². The van der Waals surface area contributed by atoms with Crippen LogP contribution in [0.15, 0.2) is 77.4 Å². The minimum absolute atomic E-state index is 0.132. The third kappa shape index (κ3) is 3.78. The molecule has 2 saturated heterocycles. The molecule has 2 aromatic carbocycles. The number of nitrogens with one attached hydrogen (secondary N) is 2. The molecule has 0 unspecified atom stereocenters. The number of nitrogens with zero attached hydrogens (tertiary/aromatic N) is 2. The van der Waals surface area contributed by atoms with E-state index in [-0.39, 0.29) is 5.41 Å². The molecule has 0 saturated carbocycles. The molecule has 3 heterocycles. The Labute approximate surface area is 209 Å². The molecular formula is C28H36N4PS+. The third-order valence-electron chi connectivity index (χ3n) is 7.88. The number of piperidine rings is 1. The van der Waals surface area contributed by atoms with Crippen LogP contribution in [0.5, 0.6) is 0 Å². The highest BCUT2D eigenvalue weighted by Gasteiger charge is 2.51. The van der Waals surface area contributed by atoms with Gasteiger partial charge in [-0.2, -0.15) is 0 Å². The minimum Gasteiger partial charge on any atom is -0.305 e. The molecule has 1 aliphatic carbocycles. The molecule has 0 bridgehead atoms. The van der Waals surface area contributed by atoms with E-state index in [0.717, 1.165) is 25.9 Å². The van der Waals surface area contributed by atoms with Crippen LogP contribution in [0.25, 0.3) is 0 Å². The van der Waals surface area contributed by atoms with Gasteiger partial charge < -0.3 is 4.90 Å². The van der Waals surface area contributed by atoms with E-state index in [4.69, 9.17) is 11.8 Å². The van der Waals surface area contributed by atoms with Crippen LogP contribution in [0, 0.1) is 5.41 Å². The number of fused-ring (bicyclic) bond motifs is 2. The van der Waals surface area contributed by atoms with Crippen LogP contribution in [0.3, 0.4) is 0 Å². The summed E-state index contributed by atoms with van der Waals surface area (Å²) in [5.41, 5.74) is 11.0. The van der Waals surface area contributed by atoms with Gasteiger partial charge in [0.2, 0.25) is 0 Å². The number of para-hydroxylation sites is 1. The van der Waals surface area contributed by atoms with Crippen molar-refractivity contribution in [2.24, 2.45) is 5.41 Å². The first kappa shape index (κ1) is 22.5. The lowest BCUT2D eigenvalue weighted by Crippen LogP contribution is -3.11. The van der Waals surface area contributed by atoms with Crippen LogP contribution >= 0.6 is 6.34 Å². The predicted octanol–water partition coefficient (Wildman–Crippen LogP) is 4.97. The van der Waals surface area contributed by atoms with Gasteiger partial charge in [-0.1, -0.05) is 74.2 Å². The first-order chi connectivity index (χ1) is 16.5. The summed E-state index contributed by atoms with van der Waals surface area (Å²) < 4.78 is 5.05. The SMILES string of the molecule is CC1(C)C=C2NN(c3ccccc3)[P@@](=S)(N3CCc4ccccc4C3)C2=C([NH+]2CCCCC2)C1. The fraction of sp³-hybridized carbons (Fsp3) is 0.429. The second-order valence-electron chi connectivity index (χ2n) is 10.9. The predicted molar refractivity (Wildman–Crippen MR) is 145 cm³/mol. The van der Waals surface area contributed by atoms with Gasteiger partial charge in [-0.3, -0.25) is 5.43 Å². The Balaban J connectivity index is 1.53. The molecule has 2 aromatic rings. The highest BCUT2D eigenvalue weighted by molar-refractivity contribution is 8.16. The van der Waals surface area contributed by atoms with E-state index in [1.165, 1.54) is 60.2 Å². The smallest absolute Gasteiger partial charge is 0.156 e. The van der Waals surface area contributed by atoms with Crippen LogP contribution in [0.1, 0.15) is 50.7 Å². The zero-order valence-electron chi connectivity index (χ0n) is 20.4. The number of quaternary nitrogens is 1. The topological polar surface area (TPSA) is 22.9 Å². The monoisotopic (exact) mass is 491 g/mol. The summed E-state index contributed by atoms with van der Waals surface area (Å²) in [6.07, 6.45) is 6.39. The van der Waals surface area contributed by atoms with E-state index < -0.39 is 6.34 Å². The van der Waals surface area contributed by atoms with E-state index in [1.54, 1.807) is 10.6 Å². The molecular weight excluding hydrogens is 455 g/mol. The summed E-state index contributed by atoms with van der Waals surface area (Å²) in [6, 6.07) is 19.7. The summed E-state index contributed by atoms with van der Waals surface area (Å²) in [5.74, 6) is 0. The van der Waals surface area contributed by atoms with E-state index in [9.17, 15) is 0 Å². The van der Waals surface area contributed by atoms with Gasteiger partial charge in [0.05, 0.1) is 24.5 Å². The average Bonchev–Trinajstić information content (AvgIpc) is 3.16. The van der Waals surface area contributed by atoms with Crippen molar-refractivity contribution in [3.63, 3.8) is 0 Å². The van der Waals surface area contributed by atoms with E-state index in [0.29, 0.717) is 0 Å². The Morgan fingerprint density at radius 3 is 2.41 bits per heavy atom. The highest BCUT2D eigenvalue weighted by atomic mass is 32.4. The molecule has 0 aromatic heterocycles. The number of rotatable bonds is 3. The summed E-state index contributed by atoms with van der Waals surface area (Å²) in [5, 5.41) is 1.46. The van der Waals surface area contributed by atoms with Gasteiger partial charge in [0.15, 0.2) is 6.34 Å². The molecule has 2 N–H and O–H groups in total. The Hall–Kier alpha value is -1.91. The Kier molecular flexibility index (Phi) is 5.73. The van der Waals surface area contributed by atoms with Crippen molar-refractivity contribution in [1.29, 1.82) is 0 Å². The number of benzene rings is 2. The molecule has 0 radical (unpaired) electrons. The molecule has 3 aliphatic heterocycles. The number of hydrogen-bond acceptors (Lipinski definition) is 2. The molecule has 6 rings (SSSR count). The zero-order chi connectivity index (χ0) is 23.3. The van der Waals surface area contributed by atoms with Crippen molar-refractivity contribution >= 4 is 23.8 Å². The number of hydrogen-bond donors (Lipinski definition) is 2. The van der Waals surface area contributed by atoms with Crippen molar-refractivity contribution in [2.75, 3.05) is 24.4 Å². The normalized spacial score (nSPS) is 27.1. The maximum atomic E-state index is 6.93. The van der Waals surface area contributed by atoms with Crippen LogP contribution in [-0.4, -0.2) is 24.3 Å². The molecule has 4 nitrogen and oxygen atoms in total. The van der Waals surface area contributed by atoms with Gasteiger partial charge in [0.1, 0.15) is 11.0 Å². The number of anilines is 1. The highest BCUT2D eigenvalue weighted by Crippen LogP contribution is 2.69. The van der Waals surface area contributed by atoms with Gasteiger partial charge in [-0.15, -0.1) is 0 Å². The summed E-state index contributed by atoms with van der Waals surface area (Å²) in [7, 11) is 0. The van der Waals surface area contributed by atoms with Crippen molar-refractivity contribution in [2.45, 2.75) is 52.5 Å². The lowest BCUT2D eigenvalue weighted by Gasteiger charge is -2.42. The second kappa shape index (κ2) is 8.64. The minimum atomic E-state index is -2.26.